The van der Waals surface area contributed by atoms with E-state index < -0.39 is 18.1 Å². The second kappa shape index (κ2) is 12.9. The first-order chi connectivity index (χ1) is 22.0. The molecule has 0 radical (unpaired) electrons. The first-order valence-electron chi connectivity index (χ1n) is 16.0. The average Bonchev–Trinajstić information content (AvgIpc) is 3.86. The molecule has 4 heterocycles. The van der Waals surface area contributed by atoms with Crippen LogP contribution in [0.1, 0.15) is 48.8 Å². The molecular formula is C33H39N7O4S. The number of carbonyl (C=O) groups excluding carboxylic acids is 4. The molecule has 1 saturated carbocycles. The zero-order chi connectivity index (χ0) is 30.9. The molecular weight excluding hydrogens is 590 g/mol. The van der Waals surface area contributed by atoms with Crippen molar-refractivity contribution in [2.24, 2.45) is 5.92 Å². The summed E-state index contributed by atoms with van der Waals surface area (Å²) in [5.74, 6) is -1.02. The van der Waals surface area contributed by atoms with Crippen molar-refractivity contribution in [3.05, 3.63) is 64.5 Å². The van der Waals surface area contributed by atoms with Crippen molar-refractivity contribution >= 4 is 50.7 Å². The van der Waals surface area contributed by atoms with Crippen molar-refractivity contribution < 1.29 is 19.2 Å². The normalized spacial score (nSPS) is 23.5. The summed E-state index contributed by atoms with van der Waals surface area (Å²) in [6.07, 6.45) is 5.34. The van der Waals surface area contributed by atoms with Gasteiger partial charge in [0, 0.05) is 24.2 Å². The number of amides is 4. The highest BCUT2D eigenvalue weighted by molar-refractivity contribution is 7.17. The summed E-state index contributed by atoms with van der Waals surface area (Å²) < 4.78 is 1.12. The lowest BCUT2D eigenvalue weighted by Crippen LogP contribution is -2.58. The summed E-state index contributed by atoms with van der Waals surface area (Å²) in [4.78, 5) is 56.6. The van der Waals surface area contributed by atoms with E-state index >= 15 is 0 Å². The fourth-order valence-electron chi connectivity index (χ4n) is 7.33. The number of benzene rings is 2. The number of hydrogen-bond acceptors (Lipinski definition) is 8. The maximum absolute atomic E-state index is 14.2. The minimum atomic E-state index is -0.808. The van der Waals surface area contributed by atoms with Crippen LogP contribution in [0.25, 0.3) is 10.1 Å². The molecule has 4 amide bonds. The van der Waals surface area contributed by atoms with Gasteiger partial charge in [-0.1, -0.05) is 49.2 Å². The Bertz CT molecular complexity index is 1610. The lowest BCUT2D eigenvalue weighted by atomic mass is 9.95. The molecule has 7 rings (SSSR count). The zero-order valence-corrected chi connectivity index (χ0v) is 25.9. The van der Waals surface area contributed by atoms with Crippen LogP contribution < -0.4 is 37.2 Å². The molecule has 6 N–H and O–H groups in total. The molecule has 1 unspecified atom stereocenters. The molecule has 2 fully saturated rings. The van der Waals surface area contributed by atoms with Crippen LogP contribution in [0.3, 0.4) is 0 Å². The first kappa shape index (κ1) is 29.8. The van der Waals surface area contributed by atoms with Gasteiger partial charge in [-0.3, -0.25) is 24.1 Å². The van der Waals surface area contributed by atoms with Crippen LogP contribution in [0.2, 0.25) is 0 Å². The SMILES string of the molecule is O=C(Cc1csc2ccccc12)N[C@H](C(=O)N[C@H]1CCc2cccc3c2N(C1=O)[C@H](C(=O)NCC1CNNN1)C3)C1CCCC1. The summed E-state index contributed by atoms with van der Waals surface area (Å²) in [6.45, 7) is 1.07. The van der Waals surface area contributed by atoms with Crippen molar-refractivity contribution in [3.8, 4) is 0 Å². The Kier molecular flexibility index (Phi) is 8.54. The predicted molar refractivity (Wildman–Crippen MR) is 172 cm³/mol. The minimum Gasteiger partial charge on any atom is -0.353 e. The van der Waals surface area contributed by atoms with Crippen molar-refractivity contribution in [3.63, 3.8) is 0 Å². The maximum Gasteiger partial charge on any atom is 0.250 e. The van der Waals surface area contributed by atoms with Gasteiger partial charge >= 0.3 is 0 Å². The van der Waals surface area contributed by atoms with Crippen LogP contribution in [0.15, 0.2) is 47.8 Å². The topological polar surface area (TPSA) is 144 Å². The van der Waals surface area contributed by atoms with Gasteiger partial charge in [0.25, 0.3) is 0 Å². The average molecular weight is 630 g/mol. The number of rotatable bonds is 9. The van der Waals surface area contributed by atoms with E-state index in [4.69, 9.17) is 0 Å². The summed E-state index contributed by atoms with van der Waals surface area (Å²) in [6, 6.07) is 11.7. The van der Waals surface area contributed by atoms with Crippen LogP contribution in [0.5, 0.6) is 0 Å². The predicted octanol–water partition coefficient (Wildman–Crippen LogP) is 1.60. The Morgan fingerprint density at radius 3 is 2.67 bits per heavy atom. The number of para-hydroxylation sites is 1. The van der Waals surface area contributed by atoms with Crippen LogP contribution in [0.4, 0.5) is 5.69 Å². The number of nitrogens with zero attached hydrogens (tertiary/aromatic N) is 1. The minimum absolute atomic E-state index is 0.0105. The van der Waals surface area contributed by atoms with Gasteiger partial charge in [0.15, 0.2) is 0 Å². The second-order valence-corrected chi connectivity index (χ2v) is 13.5. The molecule has 4 aliphatic rings. The van der Waals surface area contributed by atoms with E-state index in [-0.39, 0.29) is 42.0 Å². The van der Waals surface area contributed by atoms with Crippen molar-refractivity contribution in [1.29, 1.82) is 0 Å². The summed E-state index contributed by atoms with van der Waals surface area (Å²) >= 11 is 1.61. The van der Waals surface area contributed by atoms with Gasteiger partial charge in [-0.2, -0.15) is 5.53 Å². The largest absolute Gasteiger partial charge is 0.353 e. The number of fused-ring (bicyclic) bond motifs is 1. The molecule has 11 nitrogen and oxygen atoms in total. The van der Waals surface area contributed by atoms with Crippen LogP contribution >= 0.6 is 11.3 Å². The first-order valence-corrected chi connectivity index (χ1v) is 16.8. The Labute approximate surface area is 265 Å². The molecule has 2 aromatic carbocycles. The van der Waals surface area contributed by atoms with Gasteiger partial charge in [-0.15, -0.1) is 11.3 Å². The van der Waals surface area contributed by atoms with E-state index in [1.807, 2.05) is 47.8 Å². The Hall–Kier alpha value is -3.84. The molecule has 1 saturated heterocycles. The van der Waals surface area contributed by atoms with E-state index in [1.54, 1.807) is 16.2 Å². The molecule has 0 spiro atoms. The van der Waals surface area contributed by atoms with Crippen molar-refractivity contribution in [1.82, 2.24) is 32.3 Å². The fourth-order valence-corrected chi connectivity index (χ4v) is 8.30. The van der Waals surface area contributed by atoms with E-state index in [0.717, 1.165) is 58.1 Å². The summed E-state index contributed by atoms with van der Waals surface area (Å²) in [7, 11) is 0. The van der Waals surface area contributed by atoms with E-state index in [1.165, 1.54) is 0 Å². The molecule has 4 atom stereocenters. The highest BCUT2D eigenvalue weighted by Crippen LogP contribution is 2.39. The Morgan fingerprint density at radius 1 is 1.02 bits per heavy atom. The van der Waals surface area contributed by atoms with Gasteiger partial charge < -0.3 is 16.0 Å². The monoisotopic (exact) mass is 629 g/mol. The maximum atomic E-state index is 14.2. The summed E-state index contributed by atoms with van der Waals surface area (Å²) in [5, 5.41) is 12.2. The molecule has 236 valence electrons. The molecule has 12 heteroatoms. The summed E-state index contributed by atoms with van der Waals surface area (Å²) in [5.41, 5.74) is 12.6. The van der Waals surface area contributed by atoms with Gasteiger partial charge in [0.05, 0.1) is 18.2 Å². The number of hydrogen-bond donors (Lipinski definition) is 6. The van der Waals surface area contributed by atoms with Crippen LogP contribution in [-0.2, 0) is 38.4 Å². The highest BCUT2D eigenvalue weighted by Gasteiger charge is 2.45. The molecule has 0 bridgehead atoms. The Morgan fingerprint density at radius 2 is 1.84 bits per heavy atom. The van der Waals surface area contributed by atoms with E-state index in [9.17, 15) is 19.2 Å². The number of carbonyl (C=O) groups is 4. The van der Waals surface area contributed by atoms with E-state index in [2.05, 4.69) is 32.3 Å². The zero-order valence-electron chi connectivity index (χ0n) is 25.1. The van der Waals surface area contributed by atoms with Crippen LogP contribution in [0, 0.1) is 5.92 Å². The van der Waals surface area contributed by atoms with Gasteiger partial charge in [-0.25, -0.2) is 10.9 Å². The van der Waals surface area contributed by atoms with Gasteiger partial charge in [0.1, 0.15) is 18.1 Å². The smallest absolute Gasteiger partial charge is 0.250 e. The number of nitrogens with one attached hydrogen (secondary N) is 6. The van der Waals surface area contributed by atoms with Crippen molar-refractivity contribution in [2.75, 3.05) is 18.0 Å². The fraction of sp³-hybridized carbons (Fsp3) is 0.455. The highest BCUT2D eigenvalue weighted by atomic mass is 32.1. The third-order valence-electron chi connectivity index (χ3n) is 9.64. The third kappa shape index (κ3) is 6.07. The molecule has 3 aliphatic heterocycles. The molecule has 1 aliphatic carbocycles. The standard InChI is InChI=1S/C33H39N7O4S/c41-28(15-22-18-45-27-11-4-3-10-24(22)27)37-29(19-6-1-2-7-19)32(43)36-25-13-12-20-8-5-9-21-14-26(40(30(20)21)33(25)44)31(42)34-16-23-17-35-39-38-23/h3-5,8-11,18-19,23,25-26,29,35,38-39H,1-2,6-7,12-17H2,(H,34,42)(H,36,43)(H,37,41)/t23?,25-,26-,29-/m0/s1. The second-order valence-electron chi connectivity index (χ2n) is 12.6. The Balaban J connectivity index is 1.07. The van der Waals surface area contributed by atoms with Crippen LogP contribution in [-0.4, -0.2) is 60.9 Å². The van der Waals surface area contributed by atoms with Crippen molar-refractivity contribution in [2.45, 2.75) is 75.5 Å². The lowest BCUT2D eigenvalue weighted by Gasteiger charge is -2.30. The molecule has 3 aromatic rings. The van der Waals surface area contributed by atoms with Gasteiger partial charge in [0.2, 0.25) is 23.6 Å². The molecule has 1 aromatic heterocycles. The number of aryl methyl sites for hydroxylation is 1. The third-order valence-corrected chi connectivity index (χ3v) is 10.7. The number of thiophene rings is 1. The lowest BCUT2D eigenvalue weighted by molar-refractivity contribution is -0.133. The number of hydrazine groups is 2. The quantitative estimate of drug-likeness (QED) is 0.211. The van der Waals surface area contributed by atoms with E-state index in [0.29, 0.717) is 32.4 Å². The molecule has 45 heavy (non-hydrogen) atoms. The van der Waals surface area contributed by atoms with Gasteiger partial charge in [-0.05, 0) is 65.1 Å². The number of anilines is 1.